The molecular weight excluding hydrogens is 132 g/mol. The Morgan fingerprint density at radius 3 is 2.18 bits per heavy atom. The molecule has 0 heterocycles. The van der Waals surface area contributed by atoms with Crippen molar-refractivity contribution in [2.24, 2.45) is 0 Å². The Morgan fingerprint density at radius 1 is 1.18 bits per heavy atom. The average molecular weight is 148 g/mol. The van der Waals surface area contributed by atoms with Crippen molar-refractivity contribution in [2.75, 3.05) is 0 Å². The Kier molecular flexibility index (Phi) is 5.18. The highest BCUT2D eigenvalue weighted by molar-refractivity contribution is 5.35. The van der Waals surface area contributed by atoms with E-state index in [-0.39, 0.29) is 0 Å². The van der Waals surface area contributed by atoms with Crippen LogP contribution >= 0.6 is 0 Å². The molecule has 0 unspecified atom stereocenters. The summed E-state index contributed by atoms with van der Waals surface area (Å²) in [6.07, 6.45) is 9.92. The second-order valence-corrected chi connectivity index (χ2v) is 2.55. The third kappa shape index (κ3) is 4.38. The van der Waals surface area contributed by atoms with Gasteiger partial charge in [0.25, 0.3) is 0 Å². The topological polar surface area (TPSA) is 0 Å². The second kappa shape index (κ2) is 5.72. The third-order valence-corrected chi connectivity index (χ3v) is 1.34. The van der Waals surface area contributed by atoms with Crippen LogP contribution in [0.15, 0.2) is 48.1 Å². The summed E-state index contributed by atoms with van der Waals surface area (Å²) in [5.41, 5.74) is 2.58. The van der Waals surface area contributed by atoms with Crippen LogP contribution in [0.25, 0.3) is 0 Å². The standard InChI is InChI=1S/C11H16/c1-5-7-9-11(8-6-2)10(3)4/h5-9H,1H2,2-4H3/b8-6-,9-7-. The van der Waals surface area contributed by atoms with Gasteiger partial charge < -0.3 is 0 Å². The summed E-state index contributed by atoms with van der Waals surface area (Å²) in [7, 11) is 0. The Hall–Kier alpha value is -1.04. The minimum atomic E-state index is 1.26. The molecule has 0 aromatic heterocycles. The highest BCUT2D eigenvalue weighted by Gasteiger charge is 1.86. The molecule has 0 radical (unpaired) electrons. The zero-order chi connectivity index (χ0) is 8.69. The molecule has 0 aromatic rings. The lowest BCUT2D eigenvalue weighted by molar-refractivity contribution is 1.34. The van der Waals surface area contributed by atoms with Crippen molar-refractivity contribution in [1.82, 2.24) is 0 Å². The zero-order valence-corrected chi connectivity index (χ0v) is 7.59. The lowest BCUT2D eigenvalue weighted by atomic mass is 10.1. The van der Waals surface area contributed by atoms with E-state index in [1.807, 2.05) is 19.1 Å². The molecule has 0 spiro atoms. The first kappa shape index (κ1) is 9.96. The molecule has 0 saturated carbocycles. The molecule has 0 rings (SSSR count). The Labute approximate surface area is 69.6 Å². The van der Waals surface area contributed by atoms with Gasteiger partial charge in [-0.05, 0) is 26.3 Å². The predicted octanol–water partition coefficient (Wildman–Crippen LogP) is 3.64. The van der Waals surface area contributed by atoms with Gasteiger partial charge in [-0.25, -0.2) is 0 Å². The number of hydrogen-bond acceptors (Lipinski definition) is 0. The van der Waals surface area contributed by atoms with E-state index in [9.17, 15) is 0 Å². The lowest BCUT2D eigenvalue weighted by Crippen LogP contribution is -1.75. The van der Waals surface area contributed by atoms with Crippen LogP contribution in [-0.2, 0) is 0 Å². The van der Waals surface area contributed by atoms with Crippen molar-refractivity contribution in [2.45, 2.75) is 20.8 Å². The van der Waals surface area contributed by atoms with E-state index in [2.05, 4.69) is 32.6 Å². The second-order valence-electron chi connectivity index (χ2n) is 2.55. The van der Waals surface area contributed by atoms with Crippen LogP contribution in [0.2, 0.25) is 0 Å². The predicted molar refractivity (Wildman–Crippen MR) is 52.5 cm³/mol. The number of rotatable bonds is 3. The van der Waals surface area contributed by atoms with Gasteiger partial charge in [0.2, 0.25) is 0 Å². The largest absolute Gasteiger partial charge is 0.0991 e. The van der Waals surface area contributed by atoms with Crippen molar-refractivity contribution in [3.63, 3.8) is 0 Å². The van der Waals surface area contributed by atoms with E-state index in [0.717, 1.165) is 0 Å². The maximum atomic E-state index is 3.62. The van der Waals surface area contributed by atoms with Crippen molar-refractivity contribution < 1.29 is 0 Å². The van der Waals surface area contributed by atoms with Gasteiger partial charge in [0.15, 0.2) is 0 Å². The van der Waals surface area contributed by atoms with Gasteiger partial charge in [-0.15, -0.1) is 0 Å². The van der Waals surface area contributed by atoms with Gasteiger partial charge in [-0.3, -0.25) is 0 Å². The van der Waals surface area contributed by atoms with Crippen molar-refractivity contribution in [3.05, 3.63) is 48.1 Å². The lowest BCUT2D eigenvalue weighted by Gasteiger charge is -1.95. The fraction of sp³-hybridized carbons (Fsp3) is 0.273. The molecule has 0 N–H and O–H groups in total. The SMILES string of the molecule is C=C/C=C\C(/C=C\C)=C(C)C. The molecule has 0 nitrogen and oxygen atoms in total. The maximum absolute atomic E-state index is 3.62. The first-order chi connectivity index (χ1) is 5.22. The van der Waals surface area contributed by atoms with Crippen molar-refractivity contribution in [3.8, 4) is 0 Å². The molecule has 0 aliphatic carbocycles. The van der Waals surface area contributed by atoms with Gasteiger partial charge in [0.1, 0.15) is 0 Å². The van der Waals surface area contributed by atoms with Gasteiger partial charge in [0, 0.05) is 0 Å². The summed E-state index contributed by atoms with van der Waals surface area (Å²) in [6, 6.07) is 0. The first-order valence-corrected chi connectivity index (χ1v) is 3.81. The van der Waals surface area contributed by atoms with Crippen LogP contribution in [0, 0.1) is 0 Å². The van der Waals surface area contributed by atoms with E-state index >= 15 is 0 Å². The number of hydrogen-bond donors (Lipinski definition) is 0. The van der Waals surface area contributed by atoms with E-state index in [1.54, 1.807) is 6.08 Å². The van der Waals surface area contributed by atoms with Crippen LogP contribution in [0.4, 0.5) is 0 Å². The quantitative estimate of drug-likeness (QED) is 0.536. The first-order valence-electron chi connectivity index (χ1n) is 3.81. The van der Waals surface area contributed by atoms with Crippen molar-refractivity contribution >= 4 is 0 Å². The van der Waals surface area contributed by atoms with E-state index < -0.39 is 0 Å². The monoisotopic (exact) mass is 148 g/mol. The van der Waals surface area contributed by atoms with Crippen LogP contribution < -0.4 is 0 Å². The molecule has 0 bridgehead atoms. The normalized spacial score (nSPS) is 10.8. The van der Waals surface area contributed by atoms with E-state index in [1.165, 1.54) is 11.1 Å². The zero-order valence-electron chi connectivity index (χ0n) is 7.59. The molecule has 60 valence electrons. The molecule has 0 heteroatoms. The molecule has 0 saturated heterocycles. The third-order valence-electron chi connectivity index (χ3n) is 1.34. The fourth-order valence-corrected chi connectivity index (χ4v) is 0.740. The highest BCUT2D eigenvalue weighted by atomic mass is 13.9. The molecule has 0 fully saturated rings. The fourth-order valence-electron chi connectivity index (χ4n) is 0.740. The smallest absolute Gasteiger partial charge is 0.0274 e. The highest BCUT2D eigenvalue weighted by Crippen LogP contribution is 2.06. The number of allylic oxidation sites excluding steroid dienone is 7. The minimum Gasteiger partial charge on any atom is -0.0991 e. The molecule has 11 heavy (non-hydrogen) atoms. The molecule has 0 aliphatic heterocycles. The van der Waals surface area contributed by atoms with Gasteiger partial charge in [-0.2, -0.15) is 0 Å². The Bertz CT molecular complexity index is 198. The van der Waals surface area contributed by atoms with Gasteiger partial charge >= 0.3 is 0 Å². The maximum Gasteiger partial charge on any atom is -0.0274 e. The Morgan fingerprint density at radius 2 is 1.82 bits per heavy atom. The summed E-state index contributed by atoms with van der Waals surface area (Å²) >= 11 is 0. The molecule has 0 amide bonds. The average Bonchev–Trinajstić information content (AvgIpc) is 1.97. The van der Waals surface area contributed by atoms with Crippen LogP contribution in [0.1, 0.15) is 20.8 Å². The summed E-state index contributed by atoms with van der Waals surface area (Å²) in [5.74, 6) is 0. The van der Waals surface area contributed by atoms with Gasteiger partial charge in [0.05, 0.1) is 0 Å². The van der Waals surface area contributed by atoms with Crippen molar-refractivity contribution in [1.29, 1.82) is 0 Å². The van der Waals surface area contributed by atoms with Crippen LogP contribution in [-0.4, -0.2) is 0 Å². The minimum absolute atomic E-state index is 1.26. The molecule has 0 aliphatic rings. The van der Waals surface area contributed by atoms with E-state index in [0.29, 0.717) is 0 Å². The van der Waals surface area contributed by atoms with Crippen LogP contribution in [0.3, 0.4) is 0 Å². The summed E-state index contributed by atoms with van der Waals surface area (Å²) < 4.78 is 0. The van der Waals surface area contributed by atoms with E-state index in [4.69, 9.17) is 0 Å². The summed E-state index contributed by atoms with van der Waals surface area (Å²) in [4.78, 5) is 0. The summed E-state index contributed by atoms with van der Waals surface area (Å²) in [6.45, 7) is 9.84. The summed E-state index contributed by atoms with van der Waals surface area (Å²) in [5, 5.41) is 0. The molecular formula is C11H16. The Balaban J connectivity index is 4.49. The molecule has 0 aromatic carbocycles. The molecule has 0 atom stereocenters. The van der Waals surface area contributed by atoms with Crippen LogP contribution in [0.5, 0.6) is 0 Å². The van der Waals surface area contributed by atoms with Gasteiger partial charge in [-0.1, -0.05) is 42.5 Å².